The first kappa shape index (κ1) is 19.3. The van der Waals surface area contributed by atoms with E-state index < -0.39 is 10.0 Å². The van der Waals surface area contributed by atoms with Crippen LogP contribution in [0.25, 0.3) is 0 Å². The van der Waals surface area contributed by atoms with Gasteiger partial charge in [-0.1, -0.05) is 24.1 Å². The Morgan fingerprint density at radius 3 is 2.23 bits per heavy atom. The second-order valence-electron chi connectivity index (χ2n) is 7.39. The van der Waals surface area contributed by atoms with Gasteiger partial charge in [-0.25, -0.2) is 8.42 Å². The molecule has 0 saturated carbocycles. The zero-order chi connectivity index (χ0) is 18.7. The Morgan fingerprint density at radius 1 is 0.962 bits per heavy atom. The van der Waals surface area contributed by atoms with Crippen LogP contribution in [-0.4, -0.2) is 74.2 Å². The van der Waals surface area contributed by atoms with Crippen LogP contribution in [0.4, 0.5) is 0 Å². The topological polar surface area (TPSA) is 60.9 Å². The summed E-state index contributed by atoms with van der Waals surface area (Å²) in [7, 11) is -3.50. The van der Waals surface area contributed by atoms with Crippen LogP contribution in [0.15, 0.2) is 23.1 Å². The van der Waals surface area contributed by atoms with Crippen molar-refractivity contribution >= 4 is 15.9 Å². The first-order valence-electron chi connectivity index (χ1n) is 9.45. The van der Waals surface area contributed by atoms with E-state index in [0.717, 1.165) is 37.1 Å². The molecule has 26 heavy (non-hydrogen) atoms. The second kappa shape index (κ2) is 8.06. The summed E-state index contributed by atoms with van der Waals surface area (Å²) in [5, 5.41) is 0. The van der Waals surface area contributed by atoms with Crippen molar-refractivity contribution in [2.45, 2.75) is 38.0 Å². The van der Waals surface area contributed by atoms with Crippen LogP contribution in [0.5, 0.6) is 0 Å². The average Bonchev–Trinajstić information content (AvgIpc) is 2.62. The Balaban J connectivity index is 1.59. The normalized spacial score (nSPS) is 20.3. The van der Waals surface area contributed by atoms with Gasteiger partial charge in [-0.15, -0.1) is 0 Å². The molecule has 2 heterocycles. The third kappa shape index (κ3) is 4.27. The maximum Gasteiger partial charge on any atom is 0.243 e. The highest BCUT2D eigenvalue weighted by atomic mass is 32.2. The van der Waals surface area contributed by atoms with Gasteiger partial charge in [0.25, 0.3) is 0 Å². The Hall–Kier alpha value is -1.44. The maximum absolute atomic E-state index is 12.9. The monoisotopic (exact) mass is 379 g/mol. The molecule has 1 aromatic carbocycles. The number of amides is 1. The lowest BCUT2D eigenvalue weighted by Gasteiger charge is -2.36. The molecule has 2 fully saturated rings. The predicted molar refractivity (Wildman–Crippen MR) is 102 cm³/mol. The Labute approximate surface area is 156 Å². The number of hydrogen-bond acceptors (Lipinski definition) is 4. The molecule has 144 valence electrons. The molecule has 2 aliphatic heterocycles. The van der Waals surface area contributed by atoms with Gasteiger partial charge in [-0.3, -0.25) is 9.69 Å². The number of likely N-dealkylation sites (tertiary alicyclic amines) is 1. The van der Waals surface area contributed by atoms with Crippen LogP contribution in [-0.2, 0) is 14.8 Å². The van der Waals surface area contributed by atoms with E-state index in [1.807, 2.05) is 30.9 Å². The summed E-state index contributed by atoms with van der Waals surface area (Å²) in [5.74, 6) is 0.121. The van der Waals surface area contributed by atoms with Crippen molar-refractivity contribution in [3.05, 3.63) is 29.3 Å². The van der Waals surface area contributed by atoms with Crippen molar-refractivity contribution in [3.8, 4) is 0 Å². The van der Waals surface area contributed by atoms with Crippen LogP contribution < -0.4 is 0 Å². The molecule has 1 amide bonds. The molecule has 6 nitrogen and oxygen atoms in total. The highest BCUT2D eigenvalue weighted by Crippen LogP contribution is 2.22. The van der Waals surface area contributed by atoms with E-state index in [4.69, 9.17) is 0 Å². The molecule has 0 unspecified atom stereocenters. The van der Waals surface area contributed by atoms with E-state index in [-0.39, 0.29) is 5.91 Å². The number of sulfonamides is 1. The quantitative estimate of drug-likeness (QED) is 0.798. The fourth-order valence-electron chi connectivity index (χ4n) is 3.81. The second-order valence-corrected chi connectivity index (χ2v) is 9.30. The van der Waals surface area contributed by atoms with E-state index >= 15 is 0 Å². The lowest BCUT2D eigenvalue weighted by molar-refractivity contribution is -0.133. The fourth-order valence-corrected chi connectivity index (χ4v) is 5.44. The Kier molecular flexibility index (Phi) is 5.99. The zero-order valence-electron chi connectivity index (χ0n) is 15.8. The predicted octanol–water partition coefficient (Wildman–Crippen LogP) is 1.62. The van der Waals surface area contributed by atoms with E-state index in [1.54, 1.807) is 6.07 Å². The largest absolute Gasteiger partial charge is 0.339 e. The highest BCUT2D eigenvalue weighted by Gasteiger charge is 2.31. The summed E-state index contributed by atoms with van der Waals surface area (Å²) in [4.78, 5) is 16.9. The minimum atomic E-state index is -3.50. The van der Waals surface area contributed by atoms with Gasteiger partial charge in [0, 0.05) is 26.2 Å². The van der Waals surface area contributed by atoms with Crippen molar-refractivity contribution in [2.24, 2.45) is 0 Å². The minimum Gasteiger partial charge on any atom is -0.339 e. The van der Waals surface area contributed by atoms with Crippen LogP contribution in [0.2, 0.25) is 0 Å². The molecular weight excluding hydrogens is 350 g/mol. The van der Waals surface area contributed by atoms with Crippen molar-refractivity contribution < 1.29 is 13.2 Å². The number of carbonyl (C=O) groups excluding carboxylic acids is 1. The number of aryl methyl sites for hydroxylation is 2. The molecule has 2 aliphatic rings. The van der Waals surface area contributed by atoms with Crippen LogP contribution >= 0.6 is 0 Å². The summed E-state index contributed by atoms with van der Waals surface area (Å²) in [5.41, 5.74) is 1.82. The molecule has 3 rings (SSSR count). The molecule has 1 aromatic rings. The van der Waals surface area contributed by atoms with E-state index in [1.165, 1.54) is 10.7 Å². The number of hydrogen-bond donors (Lipinski definition) is 0. The summed E-state index contributed by atoms with van der Waals surface area (Å²) in [6.07, 6.45) is 3.57. The first-order chi connectivity index (χ1) is 12.4. The molecule has 0 bridgehead atoms. The smallest absolute Gasteiger partial charge is 0.243 e. The standard InChI is InChI=1S/C19H29N3O3S/c1-16-6-7-18(17(2)14-16)26(24,25)22-12-10-21(11-13-22)19(23)15-20-8-4-3-5-9-20/h6-7,14H,3-5,8-13,15H2,1-2H3. The Morgan fingerprint density at radius 2 is 1.62 bits per heavy atom. The fraction of sp³-hybridized carbons (Fsp3) is 0.632. The summed E-state index contributed by atoms with van der Waals surface area (Å²) < 4.78 is 27.4. The molecular formula is C19H29N3O3S. The summed E-state index contributed by atoms with van der Waals surface area (Å²) in [6, 6.07) is 5.41. The van der Waals surface area contributed by atoms with Gasteiger partial charge < -0.3 is 4.90 Å². The van der Waals surface area contributed by atoms with Gasteiger partial charge in [0.2, 0.25) is 15.9 Å². The van der Waals surface area contributed by atoms with Gasteiger partial charge in [-0.2, -0.15) is 4.31 Å². The van der Waals surface area contributed by atoms with E-state index in [2.05, 4.69) is 4.90 Å². The van der Waals surface area contributed by atoms with Crippen molar-refractivity contribution in [1.29, 1.82) is 0 Å². The number of piperidine rings is 1. The van der Waals surface area contributed by atoms with Gasteiger partial charge >= 0.3 is 0 Å². The SMILES string of the molecule is Cc1ccc(S(=O)(=O)N2CCN(C(=O)CN3CCCCC3)CC2)c(C)c1. The van der Waals surface area contributed by atoms with Crippen molar-refractivity contribution in [2.75, 3.05) is 45.8 Å². The number of rotatable bonds is 4. The Bertz CT molecular complexity index is 749. The van der Waals surface area contributed by atoms with Gasteiger partial charge in [-0.05, 0) is 51.4 Å². The summed E-state index contributed by atoms with van der Waals surface area (Å²) in [6.45, 7) is 7.90. The van der Waals surface area contributed by atoms with Crippen LogP contribution in [0.1, 0.15) is 30.4 Å². The van der Waals surface area contributed by atoms with E-state index in [9.17, 15) is 13.2 Å². The zero-order valence-corrected chi connectivity index (χ0v) is 16.6. The van der Waals surface area contributed by atoms with E-state index in [0.29, 0.717) is 37.6 Å². The first-order valence-corrected chi connectivity index (χ1v) is 10.9. The lowest BCUT2D eigenvalue weighted by atomic mass is 10.1. The number of nitrogens with zero attached hydrogens (tertiary/aromatic N) is 3. The molecule has 0 aliphatic carbocycles. The maximum atomic E-state index is 12.9. The molecule has 0 aromatic heterocycles. The van der Waals surface area contributed by atoms with Gasteiger partial charge in [0.15, 0.2) is 0 Å². The van der Waals surface area contributed by atoms with Gasteiger partial charge in [0.05, 0.1) is 11.4 Å². The number of benzene rings is 1. The number of carbonyl (C=O) groups is 1. The average molecular weight is 380 g/mol. The van der Waals surface area contributed by atoms with Crippen LogP contribution in [0.3, 0.4) is 0 Å². The molecule has 2 saturated heterocycles. The molecule has 7 heteroatoms. The van der Waals surface area contributed by atoms with Gasteiger partial charge in [0.1, 0.15) is 0 Å². The highest BCUT2D eigenvalue weighted by molar-refractivity contribution is 7.89. The third-order valence-electron chi connectivity index (χ3n) is 5.35. The molecule has 0 atom stereocenters. The van der Waals surface area contributed by atoms with Crippen molar-refractivity contribution in [3.63, 3.8) is 0 Å². The lowest BCUT2D eigenvalue weighted by Crippen LogP contribution is -2.52. The molecule has 0 N–H and O–H groups in total. The van der Waals surface area contributed by atoms with Crippen molar-refractivity contribution in [1.82, 2.24) is 14.1 Å². The van der Waals surface area contributed by atoms with Crippen LogP contribution in [0, 0.1) is 13.8 Å². The summed E-state index contributed by atoms with van der Waals surface area (Å²) >= 11 is 0. The number of piperazine rings is 1. The molecule has 0 radical (unpaired) electrons. The minimum absolute atomic E-state index is 0.121. The molecule has 0 spiro atoms. The third-order valence-corrected chi connectivity index (χ3v) is 7.41.